The van der Waals surface area contributed by atoms with Gasteiger partial charge in [-0.25, -0.2) is 14.0 Å². The lowest BCUT2D eigenvalue weighted by Gasteiger charge is -2.21. The second-order valence-corrected chi connectivity index (χ2v) is 12.7. The molecule has 1 saturated heterocycles. The van der Waals surface area contributed by atoms with E-state index in [-0.39, 0.29) is 11.2 Å². The molecule has 7 nitrogen and oxygen atoms in total. The highest BCUT2D eigenvalue weighted by molar-refractivity contribution is 5.89. The van der Waals surface area contributed by atoms with E-state index in [1.165, 1.54) is 40.7 Å². The first-order chi connectivity index (χ1) is 21.5. The summed E-state index contributed by atoms with van der Waals surface area (Å²) in [7, 11) is 0. The maximum absolute atomic E-state index is 12.4. The molecule has 5 rings (SSSR count). The van der Waals surface area contributed by atoms with E-state index in [4.69, 9.17) is 14.6 Å². The third-order valence-corrected chi connectivity index (χ3v) is 7.76. The van der Waals surface area contributed by atoms with Gasteiger partial charge in [-0.05, 0) is 91.9 Å². The Kier molecular flexibility index (Phi) is 11.3. The number of hydrogen-bond donors (Lipinski definition) is 1. The van der Waals surface area contributed by atoms with E-state index in [0.717, 1.165) is 50.3 Å². The molecule has 1 aliphatic rings. The molecule has 0 spiro atoms. The summed E-state index contributed by atoms with van der Waals surface area (Å²) < 4.78 is 25.9. The zero-order valence-corrected chi connectivity index (χ0v) is 27.0. The number of rotatable bonds is 10. The molecule has 2 heterocycles. The molecule has 1 atom stereocenters. The smallest absolute Gasteiger partial charge is 0.338 e. The highest BCUT2D eigenvalue weighted by Gasteiger charge is 2.24. The SMILES string of the molecule is CCCc1c(OCC2CCN(c3ccc(C(=O)O)cc3)C2)ccc2c1ccn2CC(C)(C)C.CCOC(=O)c1ccc(F)cc1. The van der Waals surface area contributed by atoms with Crippen LogP contribution in [0, 0.1) is 17.2 Å². The van der Waals surface area contributed by atoms with Crippen LogP contribution in [0.25, 0.3) is 10.9 Å². The number of carbonyl (C=O) groups excluding carboxylic acids is 1. The molecule has 1 unspecified atom stereocenters. The standard InChI is InChI=1S/C28H36N2O3.C9H9FO2/c1-5-6-24-23-14-16-30(19-28(2,3)4)25(23)11-12-26(24)33-18-20-13-15-29(17-20)22-9-7-21(8-10-22)27(31)32;1-2-12-9(11)7-3-5-8(10)6-4-7/h7-12,14,16,20H,5-6,13,15,17-19H2,1-4H3,(H,31,32);3-6H,2H2,1H3. The molecule has 8 heteroatoms. The number of nitrogens with zero attached hydrogens (tertiary/aromatic N) is 2. The Hall–Kier alpha value is -4.33. The van der Waals surface area contributed by atoms with Gasteiger partial charge in [-0.1, -0.05) is 34.1 Å². The van der Waals surface area contributed by atoms with Crippen LogP contribution in [-0.4, -0.2) is 47.9 Å². The first-order valence-electron chi connectivity index (χ1n) is 15.7. The van der Waals surface area contributed by atoms with Gasteiger partial charge in [0.2, 0.25) is 0 Å². The number of fused-ring (bicyclic) bond motifs is 1. The number of aryl methyl sites for hydroxylation is 1. The Balaban J connectivity index is 0.000000323. The lowest BCUT2D eigenvalue weighted by atomic mass is 9.97. The summed E-state index contributed by atoms with van der Waals surface area (Å²) in [5.41, 5.74) is 4.62. The maximum atomic E-state index is 12.4. The summed E-state index contributed by atoms with van der Waals surface area (Å²) in [6, 6.07) is 19.0. The minimum absolute atomic E-state index is 0.230. The van der Waals surface area contributed by atoms with Crippen LogP contribution in [0.2, 0.25) is 0 Å². The number of hydrogen-bond acceptors (Lipinski definition) is 5. The Morgan fingerprint density at radius 3 is 2.27 bits per heavy atom. The predicted molar refractivity (Wildman–Crippen MR) is 177 cm³/mol. The zero-order valence-electron chi connectivity index (χ0n) is 27.0. The Labute approximate surface area is 265 Å². The van der Waals surface area contributed by atoms with Gasteiger partial charge in [0.25, 0.3) is 0 Å². The van der Waals surface area contributed by atoms with Crippen molar-refractivity contribution in [2.45, 2.75) is 60.4 Å². The number of aromatic nitrogens is 1. The van der Waals surface area contributed by atoms with Gasteiger partial charge in [-0.3, -0.25) is 0 Å². The number of aromatic carboxylic acids is 1. The number of anilines is 1. The molecule has 0 radical (unpaired) electrons. The van der Waals surface area contributed by atoms with E-state index in [9.17, 15) is 14.0 Å². The highest BCUT2D eigenvalue weighted by atomic mass is 19.1. The van der Waals surface area contributed by atoms with Crippen molar-refractivity contribution < 1.29 is 28.6 Å². The summed E-state index contributed by atoms with van der Waals surface area (Å²) in [4.78, 5) is 24.4. The number of carboxylic acids is 1. The summed E-state index contributed by atoms with van der Waals surface area (Å²) in [6.07, 6.45) is 5.39. The van der Waals surface area contributed by atoms with Gasteiger partial charge in [-0.15, -0.1) is 0 Å². The summed E-state index contributed by atoms with van der Waals surface area (Å²) >= 11 is 0. The minimum atomic E-state index is -0.886. The molecule has 3 aromatic carbocycles. The monoisotopic (exact) mass is 616 g/mol. The first kappa shape index (κ1) is 33.6. The van der Waals surface area contributed by atoms with Crippen LogP contribution in [0.3, 0.4) is 0 Å². The second-order valence-electron chi connectivity index (χ2n) is 12.7. The average Bonchev–Trinajstić information content (AvgIpc) is 3.64. The van der Waals surface area contributed by atoms with Gasteiger partial charge >= 0.3 is 11.9 Å². The van der Waals surface area contributed by atoms with Gasteiger partial charge in [0.1, 0.15) is 11.6 Å². The lowest BCUT2D eigenvalue weighted by molar-refractivity contribution is 0.0525. The molecule has 0 bridgehead atoms. The molecule has 4 aromatic rings. The van der Waals surface area contributed by atoms with E-state index in [0.29, 0.717) is 30.3 Å². The van der Waals surface area contributed by atoms with Crippen LogP contribution in [0.4, 0.5) is 10.1 Å². The molecule has 0 aliphatic carbocycles. The third-order valence-electron chi connectivity index (χ3n) is 7.76. The first-order valence-corrected chi connectivity index (χ1v) is 15.7. The number of ether oxygens (including phenoxy) is 2. The van der Waals surface area contributed by atoms with Crippen LogP contribution in [-0.2, 0) is 17.7 Å². The Morgan fingerprint density at radius 2 is 1.64 bits per heavy atom. The van der Waals surface area contributed by atoms with Gasteiger partial charge in [0.15, 0.2) is 0 Å². The quantitative estimate of drug-likeness (QED) is 0.181. The molecular weight excluding hydrogens is 571 g/mol. The van der Waals surface area contributed by atoms with E-state index in [1.54, 1.807) is 19.1 Å². The maximum Gasteiger partial charge on any atom is 0.338 e. The predicted octanol–water partition coefficient (Wildman–Crippen LogP) is 8.25. The van der Waals surface area contributed by atoms with Crippen LogP contribution in [0.15, 0.2) is 72.9 Å². The number of esters is 1. The lowest BCUT2D eigenvalue weighted by Crippen LogP contribution is -2.22. The van der Waals surface area contributed by atoms with Gasteiger partial charge in [0, 0.05) is 53.9 Å². The van der Waals surface area contributed by atoms with E-state index in [1.807, 2.05) is 12.1 Å². The molecule has 45 heavy (non-hydrogen) atoms. The molecular formula is C37H45FN2O5. The largest absolute Gasteiger partial charge is 0.493 e. The fourth-order valence-electron chi connectivity index (χ4n) is 5.63. The fourth-order valence-corrected chi connectivity index (χ4v) is 5.63. The third kappa shape index (κ3) is 9.10. The Morgan fingerprint density at radius 1 is 0.956 bits per heavy atom. The van der Waals surface area contributed by atoms with Crippen molar-refractivity contribution in [3.8, 4) is 5.75 Å². The van der Waals surface area contributed by atoms with E-state index < -0.39 is 11.9 Å². The van der Waals surface area contributed by atoms with Crippen molar-refractivity contribution in [2.75, 3.05) is 31.2 Å². The van der Waals surface area contributed by atoms with E-state index in [2.05, 4.69) is 61.6 Å². The van der Waals surface area contributed by atoms with Gasteiger partial charge in [-0.2, -0.15) is 0 Å². The summed E-state index contributed by atoms with van der Waals surface area (Å²) in [6.45, 7) is 14.7. The van der Waals surface area contributed by atoms with Crippen LogP contribution in [0.5, 0.6) is 5.75 Å². The second kappa shape index (κ2) is 15.1. The number of benzene rings is 3. The van der Waals surface area contributed by atoms with Crippen molar-refractivity contribution in [1.82, 2.24) is 4.57 Å². The molecule has 240 valence electrons. The van der Waals surface area contributed by atoms with Gasteiger partial charge < -0.3 is 24.0 Å². The Bertz CT molecular complexity index is 1570. The van der Waals surface area contributed by atoms with Crippen molar-refractivity contribution in [3.05, 3.63) is 95.4 Å². The zero-order chi connectivity index (χ0) is 32.6. The topological polar surface area (TPSA) is 81.0 Å². The number of carboxylic acid groups (broad SMARTS) is 1. The molecule has 0 saturated carbocycles. The van der Waals surface area contributed by atoms with Crippen molar-refractivity contribution in [2.24, 2.45) is 11.3 Å². The summed E-state index contributed by atoms with van der Waals surface area (Å²) in [5.74, 6) is -0.190. The van der Waals surface area contributed by atoms with Crippen LogP contribution < -0.4 is 9.64 Å². The van der Waals surface area contributed by atoms with E-state index >= 15 is 0 Å². The molecule has 1 aromatic heterocycles. The molecule has 1 N–H and O–H groups in total. The van der Waals surface area contributed by atoms with Crippen LogP contribution in [0.1, 0.15) is 73.7 Å². The average molecular weight is 617 g/mol. The fraction of sp³-hybridized carbons (Fsp3) is 0.405. The normalized spacial score (nSPS) is 14.6. The number of carbonyl (C=O) groups is 2. The molecule has 0 amide bonds. The number of halogens is 1. The van der Waals surface area contributed by atoms with Crippen molar-refractivity contribution in [1.29, 1.82) is 0 Å². The summed E-state index contributed by atoms with van der Waals surface area (Å²) in [5, 5.41) is 10.4. The van der Waals surface area contributed by atoms with Crippen LogP contribution >= 0.6 is 0 Å². The van der Waals surface area contributed by atoms with Crippen molar-refractivity contribution in [3.63, 3.8) is 0 Å². The highest BCUT2D eigenvalue weighted by Crippen LogP contribution is 2.33. The molecule has 1 aliphatic heterocycles. The minimum Gasteiger partial charge on any atom is -0.493 e. The van der Waals surface area contributed by atoms with Crippen molar-refractivity contribution >= 4 is 28.5 Å². The molecule has 1 fully saturated rings. The van der Waals surface area contributed by atoms with Gasteiger partial charge in [0.05, 0.1) is 24.3 Å².